The van der Waals surface area contributed by atoms with Crippen molar-refractivity contribution in [2.75, 3.05) is 12.4 Å². The quantitative estimate of drug-likeness (QED) is 0.854. The van der Waals surface area contributed by atoms with Crippen molar-refractivity contribution in [3.05, 3.63) is 51.8 Å². The molecule has 5 nitrogen and oxygen atoms in total. The predicted molar refractivity (Wildman–Crippen MR) is 85.5 cm³/mol. The van der Waals surface area contributed by atoms with Crippen molar-refractivity contribution in [1.82, 2.24) is 4.98 Å². The van der Waals surface area contributed by atoms with Crippen LogP contribution >= 0.6 is 0 Å². The minimum absolute atomic E-state index is 0.274. The van der Waals surface area contributed by atoms with Gasteiger partial charge in [-0.05, 0) is 50.5 Å². The number of amides is 1. The van der Waals surface area contributed by atoms with Gasteiger partial charge in [0.2, 0.25) is 0 Å². The molecule has 0 saturated heterocycles. The molecule has 2 N–H and O–H groups in total. The van der Waals surface area contributed by atoms with E-state index >= 15 is 0 Å². The van der Waals surface area contributed by atoms with Gasteiger partial charge in [-0.2, -0.15) is 0 Å². The lowest BCUT2D eigenvalue weighted by atomic mass is 10.1. The second-order valence-electron chi connectivity index (χ2n) is 5.39. The Hall–Kier alpha value is -2.56. The molecule has 2 rings (SSSR count). The predicted octanol–water partition coefficient (Wildman–Crippen LogP) is 3.29. The molecule has 0 bridgehead atoms. The number of methoxy groups -OCH3 is 1. The molecule has 0 unspecified atom stereocenters. The molecule has 0 atom stereocenters. The summed E-state index contributed by atoms with van der Waals surface area (Å²) in [6.07, 6.45) is 0. The maximum atomic E-state index is 12.5. The van der Waals surface area contributed by atoms with Gasteiger partial charge in [0.15, 0.2) is 0 Å². The number of H-pyrrole nitrogens is 1. The van der Waals surface area contributed by atoms with E-state index in [1.165, 1.54) is 7.11 Å². The fraction of sp³-hybridized carbons (Fsp3) is 0.294. The lowest BCUT2D eigenvalue weighted by molar-refractivity contribution is 0.0599. The van der Waals surface area contributed by atoms with Crippen LogP contribution < -0.4 is 5.32 Å². The maximum absolute atomic E-state index is 12.5. The van der Waals surface area contributed by atoms with Gasteiger partial charge in [0.25, 0.3) is 5.91 Å². The highest BCUT2D eigenvalue weighted by molar-refractivity contribution is 6.07. The van der Waals surface area contributed by atoms with Gasteiger partial charge in [0, 0.05) is 11.4 Å². The van der Waals surface area contributed by atoms with E-state index in [4.69, 9.17) is 4.74 Å². The Morgan fingerprint density at radius 3 is 2.45 bits per heavy atom. The molecule has 0 fully saturated rings. The first-order valence-electron chi connectivity index (χ1n) is 7.01. The summed E-state index contributed by atoms with van der Waals surface area (Å²) in [5, 5.41) is 2.88. The number of rotatable bonds is 3. The van der Waals surface area contributed by atoms with Crippen LogP contribution in [-0.4, -0.2) is 24.0 Å². The Kier molecular flexibility index (Phi) is 4.35. The zero-order chi connectivity index (χ0) is 16.4. The SMILES string of the molecule is COC(=O)c1c(C)[nH]c(C(=O)Nc2cc(C)ccc2C)c1C. The molecule has 1 heterocycles. The number of esters is 1. The standard InChI is InChI=1S/C17H20N2O3/c1-9-6-7-10(2)13(8-9)19-16(20)15-11(3)14(12(4)18-15)17(21)22-5/h6-8,18H,1-5H3,(H,19,20). The molecule has 0 aliphatic carbocycles. The number of aryl methyl sites for hydroxylation is 3. The minimum atomic E-state index is -0.447. The second-order valence-corrected chi connectivity index (χ2v) is 5.39. The van der Waals surface area contributed by atoms with Crippen LogP contribution in [0, 0.1) is 27.7 Å². The number of carbonyl (C=O) groups excluding carboxylic acids is 2. The van der Waals surface area contributed by atoms with E-state index in [1.807, 2.05) is 32.0 Å². The molecule has 2 aromatic rings. The molecule has 0 spiro atoms. The third-order valence-corrected chi connectivity index (χ3v) is 3.70. The van der Waals surface area contributed by atoms with E-state index in [0.29, 0.717) is 22.5 Å². The number of aromatic nitrogens is 1. The van der Waals surface area contributed by atoms with Crippen LogP contribution in [0.1, 0.15) is 43.2 Å². The van der Waals surface area contributed by atoms with Gasteiger partial charge >= 0.3 is 5.97 Å². The lowest BCUT2D eigenvalue weighted by Gasteiger charge is -2.09. The molecule has 0 radical (unpaired) electrons. The van der Waals surface area contributed by atoms with Gasteiger partial charge in [-0.15, -0.1) is 0 Å². The zero-order valence-corrected chi connectivity index (χ0v) is 13.5. The summed E-state index contributed by atoms with van der Waals surface area (Å²) >= 11 is 0. The van der Waals surface area contributed by atoms with Gasteiger partial charge in [-0.1, -0.05) is 12.1 Å². The van der Waals surface area contributed by atoms with Crippen LogP contribution in [0.2, 0.25) is 0 Å². The van der Waals surface area contributed by atoms with E-state index in [-0.39, 0.29) is 5.91 Å². The lowest BCUT2D eigenvalue weighted by Crippen LogP contribution is -2.15. The van der Waals surface area contributed by atoms with Crippen LogP contribution in [0.5, 0.6) is 0 Å². The van der Waals surface area contributed by atoms with Gasteiger partial charge in [0.05, 0.1) is 12.7 Å². The number of benzene rings is 1. The molecule has 5 heteroatoms. The largest absolute Gasteiger partial charge is 0.465 e. The normalized spacial score (nSPS) is 10.4. The second kappa shape index (κ2) is 6.05. The maximum Gasteiger partial charge on any atom is 0.339 e. The van der Waals surface area contributed by atoms with Crippen molar-refractivity contribution in [2.24, 2.45) is 0 Å². The average Bonchev–Trinajstić information content (AvgIpc) is 2.77. The van der Waals surface area contributed by atoms with Gasteiger partial charge in [0.1, 0.15) is 5.69 Å². The summed E-state index contributed by atoms with van der Waals surface area (Å²) < 4.78 is 4.75. The Morgan fingerprint density at radius 2 is 1.82 bits per heavy atom. The molecular weight excluding hydrogens is 280 g/mol. The minimum Gasteiger partial charge on any atom is -0.465 e. The smallest absolute Gasteiger partial charge is 0.339 e. The van der Waals surface area contributed by atoms with E-state index in [2.05, 4.69) is 10.3 Å². The third kappa shape index (κ3) is 2.88. The fourth-order valence-corrected chi connectivity index (χ4v) is 2.44. The number of ether oxygens (including phenoxy) is 1. The van der Waals surface area contributed by atoms with Crippen LogP contribution in [-0.2, 0) is 4.74 Å². The summed E-state index contributed by atoms with van der Waals surface area (Å²) in [5.74, 6) is -0.721. The number of hydrogen-bond acceptors (Lipinski definition) is 3. The van der Waals surface area contributed by atoms with Crippen LogP contribution in [0.4, 0.5) is 5.69 Å². The fourth-order valence-electron chi connectivity index (χ4n) is 2.44. The highest BCUT2D eigenvalue weighted by Gasteiger charge is 2.22. The highest BCUT2D eigenvalue weighted by atomic mass is 16.5. The number of hydrogen-bond donors (Lipinski definition) is 2. The van der Waals surface area contributed by atoms with Gasteiger partial charge in [-0.25, -0.2) is 4.79 Å². The van der Waals surface area contributed by atoms with Crippen molar-refractivity contribution >= 4 is 17.6 Å². The number of anilines is 1. The first-order chi connectivity index (χ1) is 10.3. The summed E-state index contributed by atoms with van der Waals surface area (Å²) in [6.45, 7) is 7.37. The first-order valence-corrected chi connectivity index (χ1v) is 7.01. The molecule has 0 aliphatic heterocycles. The first kappa shape index (κ1) is 15.8. The van der Waals surface area contributed by atoms with Gasteiger partial charge < -0.3 is 15.0 Å². The Bertz CT molecular complexity index is 745. The van der Waals surface area contributed by atoms with Crippen LogP contribution in [0.25, 0.3) is 0 Å². The number of aromatic amines is 1. The van der Waals surface area contributed by atoms with E-state index < -0.39 is 5.97 Å². The topological polar surface area (TPSA) is 71.2 Å². The van der Waals surface area contributed by atoms with Crippen LogP contribution in [0.15, 0.2) is 18.2 Å². The summed E-state index contributed by atoms with van der Waals surface area (Å²) in [7, 11) is 1.32. The highest BCUT2D eigenvalue weighted by Crippen LogP contribution is 2.22. The third-order valence-electron chi connectivity index (χ3n) is 3.70. The summed E-state index contributed by atoms with van der Waals surface area (Å²) in [5.41, 5.74) is 4.80. The molecule has 1 amide bonds. The van der Waals surface area contributed by atoms with E-state index in [9.17, 15) is 9.59 Å². The molecule has 116 valence electrons. The number of carbonyl (C=O) groups is 2. The van der Waals surface area contributed by atoms with Crippen molar-refractivity contribution in [2.45, 2.75) is 27.7 Å². The van der Waals surface area contributed by atoms with Crippen molar-refractivity contribution < 1.29 is 14.3 Å². The molecule has 0 aliphatic rings. The number of nitrogens with one attached hydrogen (secondary N) is 2. The Morgan fingerprint density at radius 1 is 1.14 bits per heavy atom. The van der Waals surface area contributed by atoms with E-state index in [1.54, 1.807) is 13.8 Å². The summed E-state index contributed by atoms with van der Waals surface area (Å²) in [4.78, 5) is 27.2. The van der Waals surface area contributed by atoms with Crippen molar-refractivity contribution in [1.29, 1.82) is 0 Å². The monoisotopic (exact) mass is 300 g/mol. The van der Waals surface area contributed by atoms with Gasteiger partial charge in [-0.3, -0.25) is 4.79 Å². The van der Waals surface area contributed by atoms with Crippen molar-refractivity contribution in [3.63, 3.8) is 0 Å². The molecular formula is C17H20N2O3. The summed E-state index contributed by atoms with van der Waals surface area (Å²) in [6, 6.07) is 5.86. The molecule has 1 aromatic heterocycles. The molecule has 22 heavy (non-hydrogen) atoms. The van der Waals surface area contributed by atoms with E-state index in [0.717, 1.165) is 16.8 Å². The Balaban J connectivity index is 2.35. The van der Waals surface area contributed by atoms with Crippen LogP contribution in [0.3, 0.4) is 0 Å². The average molecular weight is 300 g/mol. The Labute approximate surface area is 129 Å². The zero-order valence-electron chi connectivity index (χ0n) is 13.5. The molecule has 0 saturated carbocycles. The molecule has 1 aromatic carbocycles. The van der Waals surface area contributed by atoms with Crippen molar-refractivity contribution in [3.8, 4) is 0 Å².